The number of nitrogens with zero attached hydrogens (tertiary/aromatic N) is 4. The van der Waals surface area contributed by atoms with Gasteiger partial charge in [-0.25, -0.2) is 9.97 Å². The fourth-order valence-electron chi connectivity index (χ4n) is 4.49. The summed E-state index contributed by atoms with van der Waals surface area (Å²) in [6.07, 6.45) is 0. The number of nitrogens with one attached hydrogen (secondary N) is 1. The molecule has 0 radical (unpaired) electrons. The molecule has 0 saturated carbocycles. The lowest BCUT2D eigenvalue weighted by Gasteiger charge is -2.34. The molecule has 1 fully saturated rings. The van der Waals surface area contributed by atoms with E-state index in [1.54, 1.807) is 22.7 Å². The summed E-state index contributed by atoms with van der Waals surface area (Å²) >= 11 is 3.39. The Morgan fingerprint density at radius 3 is 2.51 bits per heavy atom. The van der Waals surface area contributed by atoms with Gasteiger partial charge in [0.15, 0.2) is 5.13 Å². The number of benzene rings is 2. The van der Waals surface area contributed by atoms with Gasteiger partial charge in [-0.05, 0) is 35.7 Å². The van der Waals surface area contributed by atoms with E-state index in [2.05, 4.69) is 33.3 Å². The Hall–Kier alpha value is -3.33. The molecule has 0 atom stereocenters. The summed E-state index contributed by atoms with van der Waals surface area (Å²) in [5.74, 6) is -0.0467. The molecule has 1 amide bonds. The van der Waals surface area contributed by atoms with Crippen molar-refractivity contribution in [3.05, 3.63) is 77.7 Å². The van der Waals surface area contributed by atoms with E-state index in [1.165, 1.54) is 4.70 Å². The highest BCUT2D eigenvalue weighted by Crippen LogP contribution is 2.29. The minimum absolute atomic E-state index is 0.0467. The molecule has 0 spiro atoms. The van der Waals surface area contributed by atoms with Crippen LogP contribution in [0.1, 0.15) is 10.4 Å². The molecule has 3 aromatic heterocycles. The number of rotatable bonds is 6. The molecule has 8 heteroatoms. The van der Waals surface area contributed by atoms with E-state index in [-0.39, 0.29) is 5.91 Å². The highest BCUT2D eigenvalue weighted by atomic mass is 32.1. The average Bonchev–Trinajstić information content (AvgIpc) is 3.59. The summed E-state index contributed by atoms with van der Waals surface area (Å²) in [6, 6.07) is 22.1. The van der Waals surface area contributed by atoms with Gasteiger partial charge in [-0.15, -0.1) is 11.3 Å². The molecule has 35 heavy (non-hydrogen) atoms. The molecule has 0 aliphatic carbocycles. The summed E-state index contributed by atoms with van der Waals surface area (Å²) < 4.78 is 1.23. The Morgan fingerprint density at radius 2 is 1.71 bits per heavy atom. The molecule has 6 rings (SSSR count). The van der Waals surface area contributed by atoms with Crippen LogP contribution >= 0.6 is 22.7 Å². The van der Waals surface area contributed by atoms with E-state index in [0.29, 0.717) is 12.1 Å². The van der Waals surface area contributed by atoms with E-state index in [1.807, 2.05) is 53.9 Å². The molecule has 1 saturated heterocycles. The third-order valence-corrected chi connectivity index (χ3v) is 8.36. The van der Waals surface area contributed by atoms with Crippen LogP contribution in [0.4, 0.5) is 5.13 Å². The fourth-order valence-corrected chi connectivity index (χ4v) is 6.20. The molecule has 0 unspecified atom stereocenters. The average molecular weight is 500 g/mol. The van der Waals surface area contributed by atoms with Crippen molar-refractivity contribution in [1.29, 1.82) is 0 Å². The summed E-state index contributed by atoms with van der Waals surface area (Å²) in [6.45, 7) is 5.28. The summed E-state index contributed by atoms with van der Waals surface area (Å²) in [7, 11) is 0. The fraction of sp³-hybridized carbons (Fsp3) is 0.222. The summed E-state index contributed by atoms with van der Waals surface area (Å²) in [5, 5.41) is 7.16. The van der Waals surface area contributed by atoms with Crippen molar-refractivity contribution in [2.24, 2.45) is 0 Å². The first kappa shape index (κ1) is 22.2. The predicted octanol–water partition coefficient (Wildman–Crippen LogP) is 5.13. The Balaban J connectivity index is 1.07. The highest BCUT2D eigenvalue weighted by molar-refractivity contribution is 7.22. The van der Waals surface area contributed by atoms with Gasteiger partial charge in [0, 0.05) is 44.7 Å². The lowest BCUT2D eigenvalue weighted by molar-refractivity contribution is 0.0949. The molecule has 5 aromatic rings. The summed E-state index contributed by atoms with van der Waals surface area (Å²) in [4.78, 5) is 28.6. The van der Waals surface area contributed by atoms with Gasteiger partial charge in [0.2, 0.25) is 0 Å². The molecule has 176 valence electrons. The number of fused-ring (bicyclic) bond motifs is 2. The Morgan fingerprint density at radius 1 is 0.914 bits per heavy atom. The highest BCUT2D eigenvalue weighted by Gasteiger charge is 2.20. The van der Waals surface area contributed by atoms with Crippen molar-refractivity contribution in [3.8, 4) is 10.6 Å². The number of pyridine rings is 1. The quantitative estimate of drug-likeness (QED) is 0.351. The normalized spacial score (nSPS) is 14.6. The van der Waals surface area contributed by atoms with Crippen molar-refractivity contribution in [2.45, 2.75) is 0 Å². The number of piperazine rings is 1. The third-order valence-electron chi connectivity index (χ3n) is 6.37. The van der Waals surface area contributed by atoms with E-state index in [4.69, 9.17) is 9.97 Å². The summed E-state index contributed by atoms with van der Waals surface area (Å²) in [5.41, 5.74) is 3.44. The Bertz CT molecular complexity index is 1440. The molecule has 0 bridgehead atoms. The number of hydrogen-bond acceptors (Lipinski definition) is 7. The predicted molar refractivity (Wildman–Crippen MR) is 146 cm³/mol. The molecule has 4 heterocycles. The first-order valence-electron chi connectivity index (χ1n) is 11.8. The maximum Gasteiger partial charge on any atom is 0.252 e. The number of anilines is 1. The van der Waals surface area contributed by atoms with E-state index in [0.717, 1.165) is 64.8 Å². The SMILES string of the molecule is O=C(NCCN1CCN(c2nc3ccccc3s2)CC1)c1cc(-c2cccs2)nc2ccccc12. The second-order valence-corrected chi connectivity index (χ2v) is 10.6. The maximum atomic E-state index is 13.2. The zero-order valence-electron chi connectivity index (χ0n) is 19.2. The van der Waals surface area contributed by atoms with Crippen LogP contribution in [0.3, 0.4) is 0 Å². The van der Waals surface area contributed by atoms with Crippen molar-refractivity contribution in [1.82, 2.24) is 20.2 Å². The number of para-hydroxylation sites is 2. The lowest BCUT2D eigenvalue weighted by Crippen LogP contribution is -2.48. The zero-order valence-corrected chi connectivity index (χ0v) is 20.8. The Kier molecular flexibility index (Phi) is 6.16. The van der Waals surface area contributed by atoms with Crippen LogP contribution in [0.25, 0.3) is 31.7 Å². The monoisotopic (exact) mass is 499 g/mol. The lowest BCUT2D eigenvalue weighted by atomic mass is 10.1. The van der Waals surface area contributed by atoms with Gasteiger partial charge >= 0.3 is 0 Å². The maximum absolute atomic E-state index is 13.2. The molecular formula is C27H25N5OS2. The molecule has 1 N–H and O–H groups in total. The second-order valence-electron chi connectivity index (χ2n) is 8.60. The van der Waals surface area contributed by atoms with Crippen molar-refractivity contribution in [2.75, 3.05) is 44.2 Å². The van der Waals surface area contributed by atoms with Gasteiger partial charge in [-0.3, -0.25) is 9.69 Å². The van der Waals surface area contributed by atoms with Gasteiger partial charge in [0.1, 0.15) is 0 Å². The number of thiophene rings is 1. The minimum Gasteiger partial charge on any atom is -0.351 e. The Labute approximate surface area is 211 Å². The number of hydrogen-bond donors (Lipinski definition) is 1. The molecule has 1 aliphatic rings. The van der Waals surface area contributed by atoms with Crippen molar-refractivity contribution >= 4 is 54.8 Å². The topological polar surface area (TPSA) is 61.4 Å². The van der Waals surface area contributed by atoms with Gasteiger partial charge < -0.3 is 10.2 Å². The van der Waals surface area contributed by atoms with E-state index >= 15 is 0 Å². The van der Waals surface area contributed by atoms with E-state index in [9.17, 15) is 4.79 Å². The van der Waals surface area contributed by atoms with Gasteiger partial charge in [0.05, 0.1) is 31.9 Å². The zero-order chi connectivity index (χ0) is 23.6. The number of amides is 1. The van der Waals surface area contributed by atoms with E-state index < -0.39 is 0 Å². The molecule has 6 nitrogen and oxygen atoms in total. The van der Waals surface area contributed by atoms with Crippen molar-refractivity contribution in [3.63, 3.8) is 0 Å². The van der Waals surface area contributed by atoms with Crippen LogP contribution in [0.5, 0.6) is 0 Å². The standard InChI is InChI=1S/C27H25N5OS2/c33-26(20-18-23(24-10-5-17-34-24)29-21-7-2-1-6-19(20)21)28-11-12-31-13-15-32(16-14-31)27-30-22-8-3-4-9-25(22)35-27/h1-10,17-18H,11-16H2,(H,28,33). The number of aromatic nitrogens is 2. The van der Waals surface area contributed by atoms with Gasteiger partial charge in [-0.2, -0.15) is 0 Å². The molecule has 1 aliphatic heterocycles. The van der Waals surface area contributed by atoms with Crippen LogP contribution in [0, 0.1) is 0 Å². The minimum atomic E-state index is -0.0467. The number of carbonyl (C=O) groups excluding carboxylic acids is 1. The smallest absolute Gasteiger partial charge is 0.252 e. The first-order valence-corrected chi connectivity index (χ1v) is 13.5. The van der Waals surface area contributed by atoms with Gasteiger partial charge in [-0.1, -0.05) is 47.7 Å². The third kappa shape index (κ3) is 4.65. The number of carbonyl (C=O) groups is 1. The number of thiazole rings is 1. The van der Waals surface area contributed by atoms with Gasteiger partial charge in [0.25, 0.3) is 5.91 Å². The van der Waals surface area contributed by atoms with Crippen LogP contribution < -0.4 is 10.2 Å². The van der Waals surface area contributed by atoms with Crippen LogP contribution in [-0.2, 0) is 0 Å². The first-order chi connectivity index (χ1) is 17.2. The molecule has 2 aromatic carbocycles. The van der Waals surface area contributed by atoms with Crippen LogP contribution in [0.15, 0.2) is 72.1 Å². The molecular weight excluding hydrogens is 474 g/mol. The van der Waals surface area contributed by atoms with Crippen LogP contribution in [0.2, 0.25) is 0 Å². The van der Waals surface area contributed by atoms with Crippen LogP contribution in [-0.4, -0.2) is 60.0 Å². The second kappa shape index (κ2) is 9.73. The largest absolute Gasteiger partial charge is 0.351 e. The van der Waals surface area contributed by atoms with Crippen molar-refractivity contribution < 1.29 is 4.79 Å².